The van der Waals surface area contributed by atoms with Crippen molar-refractivity contribution in [1.29, 1.82) is 0 Å². The lowest BCUT2D eigenvalue weighted by molar-refractivity contribution is 0.1000. The molecule has 116 valence electrons. The molecule has 0 unspecified atom stereocenters. The Kier molecular flexibility index (Phi) is 4.99. The normalized spacial score (nSPS) is 11.4. The average molecular weight is 296 g/mol. The molecule has 0 spiro atoms. The van der Waals surface area contributed by atoms with E-state index in [1.165, 1.54) is 11.1 Å². The number of nitrogens with two attached hydrogens (primary N) is 1. The molecule has 1 amide bonds. The highest BCUT2D eigenvalue weighted by Gasteiger charge is 2.18. The second kappa shape index (κ2) is 6.75. The van der Waals surface area contributed by atoms with Crippen LogP contribution in [0.3, 0.4) is 0 Å². The Morgan fingerprint density at radius 3 is 2.55 bits per heavy atom. The van der Waals surface area contributed by atoms with Crippen LogP contribution in [0.5, 0.6) is 0 Å². The van der Waals surface area contributed by atoms with E-state index in [-0.39, 0.29) is 11.4 Å². The van der Waals surface area contributed by atoms with Crippen molar-refractivity contribution >= 4 is 5.91 Å². The van der Waals surface area contributed by atoms with Crippen molar-refractivity contribution in [3.63, 3.8) is 0 Å². The Hall–Kier alpha value is -2.13. The summed E-state index contributed by atoms with van der Waals surface area (Å²) >= 11 is 0. The van der Waals surface area contributed by atoms with Crippen LogP contribution in [0.2, 0.25) is 0 Å². The fraction of sp³-hybridized carbons (Fsp3) is 0.316. The number of hydrogen-bond acceptors (Lipinski definition) is 2. The summed E-state index contributed by atoms with van der Waals surface area (Å²) in [7, 11) is 0. The third-order valence-corrected chi connectivity index (χ3v) is 3.88. The molecular weight excluding hydrogens is 272 g/mol. The molecule has 22 heavy (non-hydrogen) atoms. The van der Waals surface area contributed by atoms with Gasteiger partial charge in [-0.15, -0.1) is 0 Å². The predicted octanol–water partition coefficient (Wildman–Crippen LogP) is 3.20. The highest BCUT2D eigenvalue weighted by molar-refractivity contribution is 5.92. The number of primary amides is 1. The molecule has 2 aromatic rings. The van der Waals surface area contributed by atoms with Crippen LogP contribution in [0, 0.1) is 6.92 Å². The van der Waals surface area contributed by atoms with Gasteiger partial charge in [0.2, 0.25) is 5.91 Å². The molecule has 0 saturated heterocycles. The minimum Gasteiger partial charge on any atom is -0.366 e. The van der Waals surface area contributed by atoms with Gasteiger partial charge in [0, 0.05) is 17.6 Å². The van der Waals surface area contributed by atoms with E-state index >= 15 is 0 Å². The lowest BCUT2D eigenvalue weighted by Crippen LogP contribution is -2.41. The molecular formula is C19H24N2O. The van der Waals surface area contributed by atoms with Gasteiger partial charge in [-0.3, -0.25) is 4.79 Å². The second-order valence-electron chi connectivity index (χ2n) is 6.41. The third-order valence-electron chi connectivity index (χ3n) is 3.88. The van der Waals surface area contributed by atoms with E-state index in [0.29, 0.717) is 12.1 Å². The van der Waals surface area contributed by atoms with E-state index in [2.05, 4.69) is 50.4 Å². The number of rotatable bonds is 6. The number of benzene rings is 2. The molecule has 0 saturated carbocycles. The highest BCUT2D eigenvalue weighted by Crippen LogP contribution is 2.17. The summed E-state index contributed by atoms with van der Waals surface area (Å²) in [5.74, 6) is -0.388. The monoisotopic (exact) mass is 296 g/mol. The van der Waals surface area contributed by atoms with E-state index < -0.39 is 0 Å². The van der Waals surface area contributed by atoms with Crippen molar-refractivity contribution in [2.45, 2.75) is 39.3 Å². The minimum absolute atomic E-state index is 0.0329. The van der Waals surface area contributed by atoms with Crippen LogP contribution in [-0.2, 0) is 13.0 Å². The van der Waals surface area contributed by atoms with Crippen molar-refractivity contribution < 1.29 is 4.79 Å². The molecule has 3 heteroatoms. The van der Waals surface area contributed by atoms with Gasteiger partial charge in [0.15, 0.2) is 0 Å². The Labute approximate surface area is 132 Å². The molecule has 0 heterocycles. The average Bonchev–Trinajstić information content (AvgIpc) is 2.48. The zero-order valence-electron chi connectivity index (χ0n) is 13.5. The van der Waals surface area contributed by atoms with Gasteiger partial charge in [-0.05, 0) is 56.0 Å². The van der Waals surface area contributed by atoms with Gasteiger partial charge in [0.1, 0.15) is 0 Å². The molecule has 0 aliphatic carbocycles. The molecule has 0 aromatic heterocycles. The van der Waals surface area contributed by atoms with Crippen molar-refractivity contribution in [3.05, 3.63) is 70.8 Å². The van der Waals surface area contributed by atoms with Crippen molar-refractivity contribution in [1.82, 2.24) is 5.32 Å². The third kappa shape index (κ3) is 4.43. The Morgan fingerprint density at radius 2 is 1.86 bits per heavy atom. The van der Waals surface area contributed by atoms with Crippen molar-refractivity contribution in [2.24, 2.45) is 5.73 Å². The molecule has 2 aromatic carbocycles. The number of hydrogen-bond donors (Lipinski definition) is 2. The predicted molar refractivity (Wildman–Crippen MR) is 90.8 cm³/mol. The zero-order chi connectivity index (χ0) is 16.2. The van der Waals surface area contributed by atoms with Crippen LogP contribution in [0.25, 0.3) is 0 Å². The highest BCUT2D eigenvalue weighted by atomic mass is 16.1. The number of carbonyl (C=O) groups excluding carboxylic acids is 1. The van der Waals surface area contributed by atoms with Crippen molar-refractivity contribution in [3.8, 4) is 0 Å². The summed E-state index contributed by atoms with van der Waals surface area (Å²) in [6.45, 7) is 7.23. The molecule has 0 radical (unpaired) electrons. The van der Waals surface area contributed by atoms with Gasteiger partial charge in [-0.1, -0.05) is 36.4 Å². The maximum absolute atomic E-state index is 11.2. The van der Waals surface area contributed by atoms with Crippen LogP contribution in [-0.4, -0.2) is 11.4 Å². The summed E-state index contributed by atoms with van der Waals surface area (Å²) in [5, 5.41) is 3.57. The lowest BCUT2D eigenvalue weighted by Gasteiger charge is -2.27. The maximum atomic E-state index is 11.2. The Morgan fingerprint density at radius 1 is 1.14 bits per heavy atom. The van der Waals surface area contributed by atoms with Crippen LogP contribution in [0.1, 0.15) is 40.9 Å². The SMILES string of the molecule is Cc1ccccc1CC(C)(C)NCc1cccc(C(N)=O)c1. The van der Waals surface area contributed by atoms with E-state index in [1.807, 2.05) is 18.2 Å². The van der Waals surface area contributed by atoms with Gasteiger partial charge in [0.25, 0.3) is 0 Å². The van der Waals surface area contributed by atoms with E-state index in [4.69, 9.17) is 5.73 Å². The van der Waals surface area contributed by atoms with E-state index in [9.17, 15) is 4.79 Å². The topological polar surface area (TPSA) is 55.1 Å². The maximum Gasteiger partial charge on any atom is 0.248 e. The van der Waals surface area contributed by atoms with Crippen LogP contribution in [0.15, 0.2) is 48.5 Å². The quantitative estimate of drug-likeness (QED) is 0.860. The first-order chi connectivity index (χ1) is 10.4. The van der Waals surface area contributed by atoms with Gasteiger partial charge in [0.05, 0.1) is 0 Å². The Balaban J connectivity index is 2.02. The number of aryl methyl sites for hydroxylation is 1. The summed E-state index contributed by atoms with van der Waals surface area (Å²) in [6.07, 6.45) is 0.954. The largest absolute Gasteiger partial charge is 0.366 e. The smallest absolute Gasteiger partial charge is 0.248 e. The molecule has 2 rings (SSSR count). The number of carbonyl (C=O) groups is 1. The summed E-state index contributed by atoms with van der Waals surface area (Å²) in [4.78, 5) is 11.2. The van der Waals surface area contributed by atoms with Crippen LogP contribution >= 0.6 is 0 Å². The fourth-order valence-electron chi connectivity index (χ4n) is 2.52. The number of nitrogens with one attached hydrogen (secondary N) is 1. The summed E-state index contributed by atoms with van der Waals surface area (Å²) < 4.78 is 0. The molecule has 3 N–H and O–H groups in total. The van der Waals surface area contributed by atoms with Crippen LogP contribution < -0.4 is 11.1 Å². The van der Waals surface area contributed by atoms with Crippen LogP contribution in [0.4, 0.5) is 0 Å². The minimum atomic E-state index is -0.388. The zero-order valence-corrected chi connectivity index (χ0v) is 13.5. The standard InChI is InChI=1S/C19H24N2O/c1-14-7-4-5-9-17(14)12-19(2,3)21-13-15-8-6-10-16(11-15)18(20)22/h4-11,21H,12-13H2,1-3H3,(H2,20,22). The van der Waals surface area contributed by atoms with E-state index in [1.54, 1.807) is 6.07 Å². The van der Waals surface area contributed by atoms with Gasteiger partial charge >= 0.3 is 0 Å². The van der Waals surface area contributed by atoms with E-state index in [0.717, 1.165) is 12.0 Å². The van der Waals surface area contributed by atoms with Gasteiger partial charge in [-0.2, -0.15) is 0 Å². The first-order valence-electron chi connectivity index (χ1n) is 7.56. The first kappa shape index (κ1) is 16.2. The van der Waals surface area contributed by atoms with Gasteiger partial charge < -0.3 is 11.1 Å². The molecule has 0 aliphatic rings. The lowest BCUT2D eigenvalue weighted by atomic mass is 9.92. The second-order valence-corrected chi connectivity index (χ2v) is 6.41. The number of amides is 1. The summed E-state index contributed by atoms with van der Waals surface area (Å²) in [6, 6.07) is 15.9. The molecule has 0 bridgehead atoms. The van der Waals surface area contributed by atoms with Crippen molar-refractivity contribution in [2.75, 3.05) is 0 Å². The van der Waals surface area contributed by atoms with Gasteiger partial charge in [-0.25, -0.2) is 0 Å². The summed E-state index contributed by atoms with van der Waals surface area (Å²) in [5.41, 5.74) is 9.57. The fourth-order valence-corrected chi connectivity index (χ4v) is 2.52. The molecule has 3 nitrogen and oxygen atoms in total. The molecule has 0 atom stereocenters. The molecule has 0 aliphatic heterocycles. The molecule has 0 fully saturated rings. The Bertz CT molecular complexity index is 662. The first-order valence-corrected chi connectivity index (χ1v) is 7.56.